The topological polar surface area (TPSA) is 20.2 Å². The standard InChI is InChI=1S/C7H13ClO/c1-7(6-9)4-2-3-5-8/h9H,1-6H2. The van der Waals surface area contributed by atoms with E-state index in [2.05, 4.69) is 6.58 Å². The molecular formula is C7H13ClO. The molecule has 54 valence electrons. The summed E-state index contributed by atoms with van der Waals surface area (Å²) in [5.74, 6) is 0.707. The largest absolute Gasteiger partial charge is 0.392 e. The van der Waals surface area contributed by atoms with Crippen molar-refractivity contribution in [1.82, 2.24) is 0 Å². The van der Waals surface area contributed by atoms with Gasteiger partial charge in [0.15, 0.2) is 0 Å². The van der Waals surface area contributed by atoms with Crippen molar-refractivity contribution in [1.29, 1.82) is 0 Å². The van der Waals surface area contributed by atoms with Crippen LogP contribution < -0.4 is 0 Å². The number of alkyl halides is 1. The third-order valence-electron chi connectivity index (χ3n) is 1.14. The van der Waals surface area contributed by atoms with E-state index in [4.69, 9.17) is 16.7 Å². The van der Waals surface area contributed by atoms with E-state index in [1.165, 1.54) is 0 Å². The number of hydrogen-bond donors (Lipinski definition) is 1. The van der Waals surface area contributed by atoms with Gasteiger partial charge in [-0.25, -0.2) is 0 Å². The Balaban J connectivity index is 2.97. The minimum atomic E-state index is 0.113. The minimum absolute atomic E-state index is 0.113. The zero-order valence-corrected chi connectivity index (χ0v) is 6.32. The Morgan fingerprint density at radius 1 is 1.44 bits per heavy atom. The molecule has 2 heteroatoms. The SMILES string of the molecule is C=C(CO)CCCCCl. The van der Waals surface area contributed by atoms with Crippen LogP contribution >= 0.6 is 11.6 Å². The van der Waals surface area contributed by atoms with Gasteiger partial charge in [-0.2, -0.15) is 0 Å². The normalized spacial score (nSPS) is 9.56. The van der Waals surface area contributed by atoms with Gasteiger partial charge in [0, 0.05) is 5.88 Å². The summed E-state index contributed by atoms with van der Waals surface area (Å²) >= 11 is 5.44. The molecule has 0 aromatic rings. The van der Waals surface area contributed by atoms with E-state index in [1.807, 2.05) is 0 Å². The van der Waals surface area contributed by atoms with Gasteiger partial charge in [-0.1, -0.05) is 12.2 Å². The molecule has 9 heavy (non-hydrogen) atoms. The molecule has 0 unspecified atom stereocenters. The summed E-state index contributed by atoms with van der Waals surface area (Å²) in [5.41, 5.74) is 0.903. The highest BCUT2D eigenvalue weighted by Gasteiger charge is 1.90. The molecule has 0 atom stereocenters. The molecule has 1 N–H and O–H groups in total. The number of hydrogen-bond acceptors (Lipinski definition) is 1. The summed E-state index contributed by atoms with van der Waals surface area (Å²) in [5, 5.41) is 8.50. The van der Waals surface area contributed by atoms with E-state index in [1.54, 1.807) is 0 Å². The van der Waals surface area contributed by atoms with Crippen molar-refractivity contribution in [3.05, 3.63) is 12.2 Å². The van der Waals surface area contributed by atoms with E-state index in [-0.39, 0.29) is 6.61 Å². The Hall–Kier alpha value is -0.0100. The maximum Gasteiger partial charge on any atom is 0.0639 e. The van der Waals surface area contributed by atoms with Crippen LogP contribution in [0.4, 0.5) is 0 Å². The molecule has 0 bridgehead atoms. The molecule has 0 heterocycles. The number of aliphatic hydroxyl groups is 1. The van der Waals surface area contributed by atoms with Gasteiger partial charge < -0.3 is 5.11 Å². The molecule has 0 aliphatic carbocycles. The molecule has 0 amide bonds. The third kappa shape index (κ3) is 5.87. The van der Waals surface area contributed by atoms with E-state index < -0.39 is 0 Å². The monoisotopic (exact) mass is 148 g/mol. The summed E-state index contributed by atoms with van der Waals surface area (Å²) in [6.45, 7) is 3.77. The van der Waals surface area contributed by atoms with Gasteiger partial charge in [0.05, 0.1) is 6.61 Å². The average molecular weight is 149 g/mol. The molecular weight excluding hydrogens is 136 g/mol. The predicted molar refractivity (Wildman–Crippen MR) is 40.8 cm³/mol. The smallest absolute Gasteiger partial charge is 0.0639 e. The van der Waals surface area contributed by atoms with E-state index in [0.717, 1.165) is 24.8 Å². The van der Waals surface area contributed by atoms with Crippen LogP contribution in [0, 0.1) is 0 Å². The van der Waals surface area contributed by atoms with Crippen LogP contribution in [0.15, 0.2) is 12.2 Å². The number of halogens is 1. The van der Waals surface area contributed by atoms with Crippen LogP contribution in [0.1, 0.15) is 19.3 Å². The van der Waals surface area contributed by atoms with Crippen LogP contribution in [-0.2, 0) is 0 Å². The van der Waals surface area contributed by atoms with Gasteiger partial charge >= 0.3 is 0 Å². The summed E-state index contributed by atoms with van der Waals surface area (Å²) in [4.78, 5) is 0. The van der Waals surface area contributed by atoms with Crippen LogP contribution in [0.2, 0.25) is 0 Å². The molecule has 0 aromatic carbocycles. The fraction of sp³-hybridized carbons (Fsp3) is 0.714. The van der Waals surface area contributed by atoms with Crippen molar-refractivity contribution < 1.29 is 5.11 Å². The molecule has 0 radical (unpaired) electrons. The second kappa shape index (κ2) is 6.12. The Labute approximate surface area is 61.3 Å². The summed E-state index contributed by atoms with van der Waals surface area (Å²) in [6.07, 6.45) is 2.96. The molecule has 1 nitrogen and oxygen atoms in total. The van der Waals surface area contributed by atoms with Gasteiger partial charge in [0.25, 0.3) is 0 Å². The first-order chi connectivity index (χ1) is 4.31. The molecule has 0 saturated carbocycles. The first-order valence-corrected chi connectivity index (χ1v) is 3.68. The Morgan fingerprint density at radius 2 is 2.11 bits per heavy atom. The van der Waals surface area contributed by atoms with E-state index >= 15 is 0 Å². The molecule has 0 saturated heterocycles. The average Bonchev–Trinajstić information content (AvgIpc) is 1.89. The Morgan fingerprint density at radius 3 is 2.56 bits per heavy atom. The molecule has 0 aromatic heterocycles. The quantitative estimate of drug-likeness (QED) is 0.359. The van der Waals surface area contributed by atoms with Crippen molar-refractivity contribution in [3.63, 3.8) is 0 Å². The van der Waals surface area contributed by atoms with E-state index in [0.29, 0.717) is 5.88 Å². The van der Waals surface area contributed by atoms with Crippen molar-refractivity contribution in [2.24, 2.45) is 0 Å². The van der Waals surface area contributed by atoms with Gasteiger partial charge in [-0.05, 0) is 19.3 Å². The first-order valence-electron chi connectivity index (χ1n) is 3.14. The van der Waals surface area contributed by atoms with Crippen LogP contribution in [0.5, 0.6) is 0 Å². The summed E-state index contributed by atoms with van der Waals surface area (Å²) in [7, 11) is 0. The minimum Gasteiger partial charge on any atom is -0.392 e. The molecule has 0 fully saturated rings. The lowest BCUT2D eigenvalue weighted by Crippen LogP contribution is -1.88. The van der Waals surface area contributed by atoms with Crippen LogP contribution in [0.25, 0.3) is 0 Å². The lowest BCUT2D eigenvalue weighted by Gasteiger charge is -1.97. The summed E-state index contributed by atoms with van der Waals surface area (Å²) in [6, 6.07) is 0. The van der Waals surface area contributed by atoms with Crippen molar-refractivity contribution >= 4 is 11.6 Å². The number of rotatable bonds is 5. The van der Waals surface area contributed by atoms with Crippen LogP contribution in [-0.4, -0.2) is 17.6 Å². The molecule has 0 rings (SSSR count). The Kier molecular flexibility index (Phi) is 6.11. The third-order valence-corrected chi connectivity index (χ3v) is 1.40. The fourth-order valence-corrected chi connectivity index (χ4v) is 0.738. The fourth-order valence-electron chi connectivity index (χ4n) is 0.549. The van der Waals surface area contributed by atoms with Crippen molar-refractivity contribution in [2.45, 2.75) is 19.3 Å². The van der Waals surface area contributed by atoms with Gasteiger partial charge in [0.1, 0.15) is 0 Å². The molecule has 0 spiro atoms. The van der Waals surface area contributed by atoms with Gasteiger partial charge in [-0.15, -0.1) is 11.6 Å². The van der Waals surface area contributed by atoms with E-state index in [9.17, 15) is 0 Å². The van der Waals surface area contributed by atoms with Gasteiger partial charge in [-0.3, -0.25) is 0 Å². The second-order valence-corrected chi connectivity index (χ2v) is 2.43. The van der Waals surface area contributed by atoms with Crippen LogP contribution in [0.3, 0.4) is 0 Å². The van der Waals surface area contributed by atoms with Crippen molar-refractivity contribution in [3.8, 4) is 0 Å². The lowest BCUT2D eigenvalue weighted by atomic mass is 10.1. The van der Waals surface area contributed by atoms with Gasteiger partial charge in [0.2, 0.25) is 0 Å². The second-order valence-electron chi connectivity index (χ2n) is 2.05. The highest BCUT2D eigenvalue weighted by atomic mass is 35.5. The highest BCUT2D eigenvalue weighted by Crippen LogP contribution is 2.04. The number of unbranched alkanes of at least 4 members (excludes halogenated alkanes) is 1. The molecule has 0 aliphatic heterocycles. The maximum absolute atomic E-state index is 8.50. The Bertz CT molecular complexity index is 81.0. The first kappa shape index (κ1) is 8.99. The molecule has 0 aliphatic rings. The zero-order valence-electron chi connectivity index (χ0n) is 5.57. The predicted octanol–water partition coefficient (Wildman–Crippen LogP) is 1.94. The number of aliphatic hydroxyl groups excluding tert-OH is 1. The maximum atomic E-state index is 8.50. The highest BCUT2D eigenvalue weighted by molar-refractivity contribution is 6.17. The zero-order chi connectivity index (χ0) is 7.11. The lowest BCUT2D eigenvalue weighted by molar-refractivity contribution is 0.326. The summed E-state index contributed by atoms with van der Waals surface area (Å²) < 4.78 is 0. The van der Waals surface area contributed by atoms with Crippen molar-refractivity contribution in [2.75, 3.05) is 12.5 Å².